The van der Waals surface area contributed by atoms with Gasteiger partial charge in [0.1, 0.15) is 11.4 Å². The number of thiazole rings is 1. The summed E-state index contributed by atoms with van der Waals surface area (Å²) in [7, 11) is 1.63. The molecule has 4 nitrogen and oxygen atoms in total. The summed E-state index contributed by atoms with van der Waals surface area (Å²) in [6.45, 7) is 0. The van der Waals surface area contributed by atoms with E-state index in [0.29, 0.717) is 12.1 Å². The number of nitrogens with zero attached hydrogens (tertiary/aromatic N) is 1. The van der Waals surface area contributed by atoms with E-state index < -0.39 is 5.91 Å². The highest BCUT2D eigenvalue weighted by Gasteiger charge is 2.09. The monoisotopic (exact) mass is 248 g/mol. The molecule has 0 aliphatic heterocycles. The van der Waals surface area contributed by atoms with E-state index in [0.717, 1.165) is 16.3 Å². The van der Waals surface area contributed by atoms with Gasteiger partial charge in [-0.25, -0.2) is 4.98 Å². The van der Waals surface area contributed by atoms with Crippen LogP contribution in [0.15, 0.2) is 29.6 Å². The molecule has 5 heteroatoms. The van der Waals surface area contributed by atoms with E-state index in [1.807, 2.05) is 24.3 Å². The van der Waals surface area contributed by atoms with Gasteiger partial charge in [0.2, 0.25) is 0 Å². The lowest BCUT2D eigenvalue weighted by atomic mass is 10.1. The average molecular weight is 248 g/mol. The van der Waals surface area contributed by atoms with Crippen LogP contribution in [0, 0.1) is 0 Å². The Balaban J connectivity index is 2.22. The molecule has 1 aromatic carbocycles. The molecule has 88 valence electrons. The number of primary amides is 1. The zero-order valence-electron chi connectivity index (χ0n) is 9.34. The number of carbonyl (C=O) groups is 1. The summed E-state index contributed by atoms with van der Waals surface area (Å²) in [4.78, 5) is 15.1. The third-order valence-corrected chi connectivity index (χ3v) is 3.19. The number of benzene rings is 1. The number of hydrogen-bond donors (Lipinski definition) is 1. The quantitative estimate of drug-likeness (QED) is 0.897. The first-order valence-electron chi connectivity index (χ1n) is 5.07. The normalized spacial score (nSPS) is 10.2. The molecule has 2 rings (SSSR count). The lowest BCUT2D eigenvalue weighted by Gasteiger charge is -2.05. The number of amides is 1. The largest absolute Gasteiger partial charge is 0.496 e. The zero-order valence-corrected chi connectivity index (χ0v) is 10.2. The number of ether oxygens (including phenoxy) is 1. The Bertz CT molecular complexity index is 537. The molecular formula is C12H12N2O2S. The molecule has 1 heterocycles. The van der Waals surface area contributed by atoms with Crippen LogP contribution in [-0.2, 0) is 6.42 Å². The molecule has 0 aliphatic carbocycles. The smallest absolute Gasteiger partial charge is 0.268 e. The van der Waals surface area contributed by atoms with Gasteiger partial charge in [-0.3, -0.25) is 4.79 Å². The fourth-order valence-electron chi connectivity index (χ4n) is 1.52. The number of carbonyl (C=O) groups excluding carboxylic acids is 1. The molecular weight excluding hydrogens is 236 g/mol. The van der Waals surface area contributed by atoms with Crippen molar-refractivity contribution in [2.24, 2.45) is 5.73 Å². The van der Waals surface area contributed by atoms with Gasteiger partial charge in [0.05, 0.1) is 12.1 Å². The highest BCUT2D eigenvalue weighted by atomic mass is 32.1. The van der Waals surface area contributed by atoms with Crippen molar-refractivity contribution in [3.63, 3.8) is 0 Å². The molecule has 0 saturated carbocycles. The van der Waals surface area contributed by atoms with Crippen molar-refractivity contribution in [3.8, 4) is 5.75 Å². The van der Waals surface area contributed by atoms with Gasteiger partial charge < -0.3 is 10.5 Å². The molecule has 0 aliphatic rings. The molecule has 0 unspecified atom stereocenters. The summed E-state index contributed by atoms with van der Waals surface area (Å²) < 4.78 is 5.26. The SMILES string of the molecule is COc1ccccc1Cc1nc(C(N)=O)cs1. The topological polar surface area (TPSA) is 65.2 Å². The summed E-state index contributed by atoms with van der Waals surface area (Å²) in [6, 6.07) is 7.74. The predicted molar refractivity (Wildman–Crippen MR) is 66.4 cm³/mol. The Morgan fingerprint density at radius 1 is 1.47 bits per heavy atom. The van der Waals surface area contributed by atoms with Gasteiger partial charge in [-0.15, -0.1) is 11.3 Å². The Kier molecular flexibility index (Phi) is 3.39. The second-order valence-electron chi connectivity index (χ2n) is 3.48. The second-order valence-corrected chi connectivity index (χ2v) is 4.42. The van der Waals surface area contributed by atoms with Gasteiger partial charge in [-0.1, -0.05) is 18.2 Å². The van der Waals surface area contributed by atoms with E-state index in [4.69, 9.17) is 10.5 Å². The molecule has 0 bridgehead atoms. The lowest BCUT2D eigenvalue weighted by molar-refractivity contribution is 0.0996. The van der Waals surface area contributed by atoms with Gasteiger partial charge in [0.15, 0.2) is 0 Å². The van der Waals surface area contributed by atoms with E-state index in [1.54, 1.807) is 12.5 Å². The Morgan fingerprint density at radius 2 is 2.24 bits per heavy atom. The molecule has 0 fully saturated rings. The fraction of sp³-hybridized carbons (Fsp3) is 0.167. The molecule has 0 spiro atoms. The van der Waals surface area contributed by atoms with Crippen LogP contribution < -0.4 is 10.5 Å². The number of aromatic nitrogens is 1. The lowest BCUT2D eigenvalue weighted by Crippen LogP contribution is -2.11. The third kappa shape index (κ3) is 2.62. The number of nitrogens with two attached hydrogens (primary N) is 1. The van der Waals surface area contributed by atoms with Crippen LogP contribution in [0.2, 0.25) is 0 Å². The van der Waals surface area contributed by atoms with Crippen molar-refractivity contribution in [2.45, 2.75) is 6.42 Å². The standard InChI is InChI=1S/C12H12N2O2S/c1-16-10-5-3-2-4-8(10)6-11-14-9(7-17-11)12(13)15/h2-5,7H,6H2,1H3,(H2,13,15). The fourth-order valence-corrected chi connectivity index (χ4v) is 2.32. The minimum atomic E-state index is -0.493. The van der Waals surface area contributed by atoms with E-state index in [-0.39, 0.29) is 0 Å². The predicted octanol–water partition coefficient (Wildman–Crippen LogP) is 1.84. The summed E-state index contributed by atoms with van der Waals surface area (Å²) >= 11 is 1.42. The first-order valence-corrected chi connectivity index (χ1v) is 5.94. The van der Waals surface area contributed by atoms with Gasteiger partial charge in [0, 0.05) is 17.4 Å². The van der Waals surface area contributed by atoms with E-state index in [2.05, 4.69) is 4.98 Å². The molecule has 1 amide bonds. The van der Waals surface area contributed by atoms with Gasteiger partial charge >= 0.3 is 0 Å². The maximum atomic E-state index is 10.9. The maximum absolute atomic E-state index is 10.9. The van der Waals surface area contributed by atoms with Crippen molar-refractivity contribution in [3.05, 3.63) is 45.9 Å². The van der Waals surface area contributed by atoms with Crippen molar-refractivity contribution in [2.75, 3.05) is 7.11 Å². The minimum absolute atomic E-state index is 0.319. The van der Waals surface area contributed by atoms with Gasteiger partial charge in [-0.2, -0.15) is 0 Å². The van der Waals surface area contributed by atoms with E-state index >= 15 is 0 Å². The summed E-state index contributed by atoms with van der Waals surface area (Å²) in [6.07, 6.45) is 0.641. The van der Waals surface area contributed by atoms with E-state index in [1.165, 1.54) is 11.3 Å². The summed E-state index contributed by atoms with van der Waals surface area (Å²) in [5.74, 6) is 0.329. The first kappa shape index (κ1) is 11.6. The highest BCUT2D eigenvalue weighted by molar-refractivity contribution is 7.09. The number of methoxy groups -OCH3 is 1. The summed E-state index contributed by atoms with van der Waals surface area (Å²) in [5, 5.41) is 2.52. The molecule has 0 atom stereocenters. The van der Waals surface area contributed by atoms with Crippen LogP contribution in [-0.4, -0.2) is 18.0 Å². The average Bonchev–Trinajstić information content (AvgIpc) is 2.78. The third-order valence-electron chi connectivity index (χ3n) is 2.34. The molecule has 0 radical (unpaired) electrons. The first-order chi connectivity index (χ1) is 8.20. The van der Waals surface area contributed by atoms with Crippen LogP contribution in [0.25, 0.3) is 0 Å². The molecule has 2 N–H and O–H groups in total. The molecule has 17 heavy (non-hydrogen) atoms. The van der Waals surface area contributed by atoms with E-state index in [9.17, 15) is 4.79 Å². The highest BCUT2D eigenvalue weighted by Crippen LogP contribution is 2.22. The van der Waals surface area contributed by atoms with Crippen LogP contribution >= 0.6 is 11.3 Å². The van der Waals surface area contributed by atoms with Crippen molar-refractivity contribution in [1.29, 1.82) is 0 Å². The van der Waals surface area contributed by atoms with Crippen LogP contribution in [0.4, 0.5) is 0 Å². The number of para-hydroxylation sites is 1. The van der Waals surface area contributed by atoms with Crippen LogP contribution in [0.5, 0.6) is 5.75 Å². The van der Waals surface area contributed by atoms with Crippen molar-refractivity contribution >= 4 is 17.2 Å². The van der Waals surface area contributed by atoms with Crippen molar-refractivity contribution < 1.29 is 9.53 Å². The molecule has 2 aromatic rings. The second kappa shape index (κ2) is 4.97. The molecule has 1 aromatic heterocycles. The molecule has 0 saturated heterocycles. The summed E-state index contributed by atoms with van der Waals surface area (Å²) in [5.41, 5.74) is 6.52. The van der Waals surface area contributed by atoms with Gasteiger partial charge in [-0.05, 0) is 6.07 Å². The minimum Gasteiger partial charge on any atom is -0.496 e. The Morgan fingerprint density at radius 3 is 2.88 bits per heavy atom. The maximum Gasteiger partial charge on any atom is 0.268 e. The zero-order chi connectivity index (χ0) is 12.3. The Labute approximate surface area is 103 Å². The Hall–Kier alpha value is -1.88. The number of rotatable bonds is 4. The van der Waals surface area contributed by atoms with Gasteiger partial charge in [0.25, 0.3) is 5.91 Å². The van der Waals surface area contributed by atoms with Crippen molar-refractivity contribution in [1.82, 2.24) is 4.98 Å². The van der Waals surface area contributed by atoms with Crippen LogP contribution in [0.1, 0.15) is 21.1 Å². The number of hydrogen-bond acceptors (Lipinski definition) is 4. The van der Waals surface area contributed by atoms with Crippen LogP contribution in [0.3, 0.4) is 0 Å².